The zero-order valence-electron chi connectivity index (χ0n) is 21.1. The first-order valence-corrected chi connectivity index (χ1v) is 13.1. The fraction of sp³-hybridized carbons (Fsp3) is 0. The van der Waals surface area contributed by atoms with Crippen LogP contribution < -0.4 is 0 Å². The van der Waals surface area contributed by atoms with Crippen LogP contribution in [0.4, 0.5) is 0 Å². The Balaban J connectivity index is 1.34. The summed E-state index contributed by atoms with van der Waals surface area (Å²) >= 11 is 0. The topological polar surface area (TPSA) is 69.6 Å². The smallest absolute Gasteiger partial charge is 0.188 e. The first-order valence-electron chi connectivity index (χ1n) is 13.1. The summed E-state index contributed by atoms with van der Waals surface area (Å²) in [5.41, 5.74) is 6.80. The number of rotatable bonds is 2. The molecule has 0 N–H and O–H groups in total. The molecule has 0 aliphatic rings. The minimum Gasteiger partial charge on any atom is -0.456 e. The molecule has 0 saturated heterocycles. The molecule has 0 aliphatic heterocycles. The van der Waals surface area contributed by atoms with E-state index in [4.69, 9.17) is 24.6 Å². The third-order valence-electron chi connectivity index (χ3n) is 7.78. The average molecular weight is 514 g/mol. The Hall–Kier alpha value is -5.62. The monoisotopic (exact) mass is 513 g/mol. The minimum absolute atomic E-state index is 0.656. The molecule has 186 valence electrons. The summed E-state index contributed by atoms with van der Waals surface area (Å²) in [6, 6.07) is 35.5. The van der Waals surface area contributed by atoms with E-state index in [0.717, 1.165) is 49.3 Å². The van der Waals surface area contributed by atoms with Crippen LogP contribution in [0.2, 0.25) is 0 Å². The molecule has 0 amide bonds. The van der Waals surface area contributed by atoms with Crippen molar-refractivity contribution in [1.82, 2.24) is 24.7 Å². The number of aromatic nitrogens is 5. The van der Waals surface area contributed by atoms with Crippen molar-refractivity contribution in [2.24, 2.45) is 0 Å². The van der Waals surface area contributed by atoms with Gasteiger partial charge in [0.05, 0.1) is 11.0 Å². The summed E-state index contributed by atoms with van der Waals surface area (Å²) in [5.74, 6) is 0.656. The molecule has 9 rings (SSSR count). The summed E-state index contributed by atoms with van der Waals surface area (Å²) in [4.78, 5) is 9.56. The quantitative estimate of drug-likeness (QED) is 0.233. The van der Waals surface area contributed by atoms with Crippen LogP contribution >= 0.6 is 0 Å². The van der Waals surface area contributed by atoms with Crippen LogP contribution in [0.5, 0.6) is 0 Å². The van der Waals surface area contributed by atoms with E-state index in [1.54, 1.807) is 12.4 Å². The van der Waals surface area contributed by atoms with Gasteiger partial charge in [0.25, 0.3) is 0 Å². The van der Waals surface area contributed by atoms with Crippen molar-refractivity contribution < 1.29 is 4.42 Å². The van der Waals surface area contributed by atoms with Crippen molar-refractivity contribution >= 4 is 65.6 Å². The highest BCUT2D eigenvalue weighted by molar-refractivity contribution is 6.14. The Bertz CT molecular complexity index is 2450. The van der Waals surface area contributed by atoms with E-state index in [0.29, 0.717) is 22.5 Å². The second kappa shape index (κ2) is 7.94. The Kier molecular flexibility index (Phi) is 4.24. The van der Waals surface area contributed by atoms with E-state index in [1.807, 2.05) is 30.3 Å². The lowest BCUT2D eigenvalue weighted by Crippen LogP contribution is -2.04. The lowest BCUT2D eigenvalue weighted by atomic mass is 10.1. The predicted molar refractivity (Wildman–Crippen MR) is 160 cm³/mol. The van der Waals surface area contributed by atoms with Crippen molar-refractivity contribution in [1.29, 1.82) is 0 Å². The molecule has 0 atom stereocenters. The van der Waals surface area contributed by atoms with E-state index < -0.39 is 0 Å². The molecule has 0 bridgehead atoms. The van der Waals surface area contributed by atoms with Gasteiger partial charge in [-0.05, 0) is 53.2 Å². The summed E-state index contributed by atoms with van der Waals surface area (Å²) in [7, 11) is 0. The summed E-state index contributed by atoms with van der Waals surface area (Å²) in [6.45, 7) is 0. The highest BCUT2D eigenvalue weighted by Gasteiger charge is 2.20. The van der Waals surface area contributed by atoms with Crippen LogP contribution in [0.1, 0.15) is 0 Å². The molecule has 6 heteroatoms. The maximum absolute atomic E-state index is 6.04. The maximum atomic E-state index is 6.04. The normalized spacial score (nSPS) is 12.0. The number of hydrogen-bond donors (Lipinski definition) is 0. The van der Waals surface area contributed by atoms with Gasteiger partial charge in [0.15, 0.2) is 5.82 Å². The van der Waals surface area contributed by atoms with Gasteiger partial charge in [-0.25, -0.2) is 4.98 Å². The standard InChI is InChI=1S/C34H19N5O/c1-2-8-21-19-28-25(17-20(21)7-1)23-9-3-5-11-27(23)39(28)34-33-32(35-15-16-36-33)31(37-38-34)22-13-14-30-26(18-22)24-10-4-6-12-29(24)40-30/h1-19H. The van der Waals surface area contributed by atoms with E-state index in [9.17, 15) is 0 Å². The van der Waals surface area contributed by atoms with Gasteiger partial charge in [-0.2, -0.15) is 0 Å². The van der Waals surface area contributed by atoms with Crippen LogP contribution in [0, 0.1) is 0 Å². The Morgan fingerprint density at radius 1 is 0.525 bits per heavy atom. The molecule has 0 aliphatic carbocycles. The molecule has 0 radical (unpaired) electrons. The van der Waals surface area contributed by atoms with E-state index in [2.05, 4.69) is 77.4 Å². The number of benzene rings is 5. The van der Waals surface area contributed by atoms with E-state index in [1.165, 1.54) is 10.8 Å². The molecular weight excluding hydrogens is 494 g/mol. The lowest BCUT2D eigenvalue weighted by molar-refractivity contribution is 0.669. The number of furan rings is 1. The fourth-order valence-electron chi connectivity index (χ4n) is 5.97. The molecule has 4 aromatic heterocycles. The number of para-hydroxylation sites is 2. The van der Waals surface area contributed by atoms with Crippen molar-refractivity contribution in [3.8, 4) is 17.1 Å². The average Bonchev–Trinajstić information content (AvgIpc) is 3.54. The SMILES string of the molecule is c1ccc2cc3c(cc2c1)c1ccccc1n3-c1nnc(-c2ccc3oc4ccccc4c3c2)c2nccnc12. The molecule has 0 spiro atoms. The predicted octanol–water partition coefficient (Wildman–Crippen LogP) is 8.24. The Morgan fingerprint density at radius 2 is 1.25 bits per heavy atom. The van der Waals surface area contributed by atoms with Gasteiger partial charge in [-0.1, -0.05) is 60.7 Å². The molecule has 9 aromatic rings. The second-order valence-corrected chi connectivity index (χ2v) is 10.0. The lowest BCUT2D eigenvalue weighted by Gasteiger charge is -2.11. The van der Waals surface area contributed by atoms with Crippen molar-refractivity contribution in [2.45, 2.75) is 0 Å². The van der Waals surface area contributed by atoms with Gasteiger partial charge < -0.3 is 4.42 Å². The van der Waals surface area contributed by atoms with Gasteiger partial charge in [-0.15, -0.1) is 10.2 Å². The highest BCUT2D eigenvalue weighted by Crippen LogP contribution is 2.37. The Labute approximate surface area is 227 Å². The molecule has 4 heterocycles. The molecule has 5 aromatic carbocycles. The van der Waals surface area contributed by atoms with Gasteiger partial charge in [-0.3, -0.25) is 9.55 Å². The van der Waals surface area contributed by atoms with Crippen molar-refractivity contribution in [3.05, 3.63) is 116 Å². The van der Waals surface area contributed by atoms with Crippen molar-refractivity contribution in [3.63, 3.8) is 0 Å². The summed E-state index contributed by atoms with van der Waals surface area (Å²) in [5, 5.41) is 16.4. The Morgan fingerprint density at radius 3 is 2.15 bits per heavy atom. The van der Waals surface area contributed by atoms with E-state index >= 15 is 0 Å². The van der Waals surface area contributed by atoms with Gasteiger partial charge in [0, 0.05) is 39.5 Å². The van der Waals surface area contributed by atoms with Gasteiger partial charge >= 0.3 is 0 Å². The first kappa shape index (κ1) is 21.3. The zero-order chi connectivity index (χ0) is 26.2. The van der Waals surface area contributed by atoms with Crippen LogP contribution in [-0.2, 0) is 0 Å². The second-order valence-electron chi connectivity index (χ2n) is 10.0. The van der Waals surface area contributed by atoms with Gasteiger partial charge in [0.1, 0.15) is 27.9 Å². The molecule has 6 nitrogen and oxygen atoms in total. The minimum atomic E-state index is 0.656. The van der Waals surface area contributed by atoms with Crippen molar-refractivity contribution in [2.75, 3.05) is 0 Å². The summed E-state index contributed by atoms with van der Waals surface area (Å²) in [6.07, 6.45) is 3.43. The van der Waals surface area contributed by atoms with Crippen LogP contribution in [0.3, 0.4) is 0 Å². The zero-order valence-corrected chi connectivity index (χ0v) is 21.1. The summed E-state index contributed by atoms with van der Waals surface area (Å²) < 4.78 is 8.21. The number of nitrogens with zero attached hydrogens (tertiary/aromatic N) is 5. The van der Waals surface area contributed by atoms with Crippen LogP contribution in [-0.4, -0.2) is 24.7 Å². The molecule has 0 saturated carbocycles. The largest absolute Gasteiger partial charge is 0.456 e. The molecule has 40 heavy (non-hydrogen) atoms. The fourth-order valence-corrected chi connectivity index (χ4v) is 5.97. The maximum Gasteiger partial charge on any atom is 0.188 e. The third-order valence-corrected chi connectivity index (χ3v) is 7.78. The first-order chi connectivity index (χ1) is 19.8. The molecular formula is C34H19N5O. The number of hydrogen-bond acceptors (Lipinski definition) is 5. The van der Waals surface area contributed by atoms with Gasteiger partial charge in [0.2, 0.25) is 0 Å². The van der Waals surface area contributed by atoms with Crippen LogP contribution in [0.15, 0.2) is 120 Å². The van der Waals surface area contributed by atoms with E-state index in [-0.39, 0.29) is 0 Å². The number of fused-ring (bicyclic) bond motifs is 8. The molecule has 0 fully saturated rings. The van der Waals surface area contributed by atoms with Crippen LogP contribution in [0.25, 0.3) is 82.6 Å². The highest BCUT2D eigenvalue weighted by atomic mass is 16.3. The third kappa shape index (κ3) is 2.93. The molecule has 0 unspecified atom stereocenters.